The topological polar surface area (TPSA) is 63.8 Å². The average Bonchev–Trinajstić information content (AvgIpc) is 2.59. The van der Waals surface area contributed by atoms with Crippen LogP contribution in [0.1, 0.15) is 17.0 Å². The second-order valence-electron chi connectivity index (χ2n) is 3.38. The maximum absolute atomic E-state index is 5.68. The van der Waals surface area contributed by atoms with E-state index in [-0.39, 0.29) is 0 Å². The Bertz CT molecular complexity index is 461. The van der Waals surface area contributed by atoms with Gasteiger partial charge in [0.05, 0.1) is 23.1 Å². The number of aromatic nitrogens is 3. The Labute approximate surface area is 97.8 Å². The Morgan fingerprint density at radius 1 is 1.31 bits per heavy atom. The van der Waals surface area contributed by atoms with Crippen LogP contribution < -0.4 is 5.32 Å². The number of rotatable bonds is 3. The van der Waals surface area contributed by atoms with Crippen LogP contribution in [0.5, 0.6) is 0 Å². The van der Waals surface area contributed by atoms with Crippen molar-refractivity contribution in [3.05, 3.63) is 34.4 Å². The van der Waals surface area contributed by atoms with Gasteiger partial charge in [-0.2, -0.15) is 0 Å². The van der Waals surface area contributed by atoms with E-state index in [1.165, 1.54) is 0 Å². The summed E-state index contributed by atoms with van der Waals surface area (Å²) in [5, 5.41) is 7.46. The predicted molar refractivity (Wildman–Crippen MR) is 60.3 cm³/mol. The average molecular weight is 239 g/mol. The molecule has 2 heterocycles. The fraction of sp³-hybridized carbons (Fsp3) is 0.300. The lowest BCUT2D eigenvalue weighted by atomic mass is 10.2. The zero-order valence-electron chi connectivity index (χ0n) is 8.99. The molecule has 1 N–H and O–H groups in total. The second kappa shape index (κ2) is 4.49. The van der Waals surface area contributed by atoms with E-state index in [1.807, 2.05) is 13.8 Å². The first-order valence-corrected chi connectivity index (χ1v) is 5.18. The van der Waals surface area contributed by atoms with Gasteiger partial charge in [0.15, 0.2) is 0 Å². The van der Waals surface area contributed by atoms with E-state index < -0.39 is 0 Å². The first kappa shape index (κ1) is 10.9. The van der Waals surface area contributed by atoms with Crippen LogP contribution >= 0.6 is 11.6 Å². The van der Waals surface area contributed by atoms with Crippen LogP contribution in [0.25, 0.3) is 0 Å². The highest BCUT2D eigenvalue weighted by molar-refractivity contribution is 6.30. The van der Waals surface area contributed by atoms with Crippen molar-refractivity contribution in [1.29, 1.82) is 0 Å². The number of aryl methyl sites for hydroxylation is 2. The van der Waals surface area contributed by atoms with Crippen LogP contribution in [-0.4, -0.2) is 15.1 Å². The van der Waals surface area contributed by atoms with E-state index >= 15 is 0 Å². The molecule has 0 amide bonds. The van der Waals surface area contributed by atoms with Crippen LogP contribution in [0.2, 0.25) is 5.02 Å². The molecule has 0 aliphatic rings. The molecule has 0 unspecified atom stereocenters. The molecule has 0 saturated carbocycles. The van der Waals surface area contributed by atoms with Crippen molar-refractivity contribution < 1.29 is 4.52 Å². The molecule has 0 aliphatic heterocycles. The van der Waals surface area contributed by atoms with Crippen molar-refractivity contribution in [3.8, 4) is 0 Å². The number of nitrogens with zero attached hydrogens (tertiary/aromatic N) is 3. The molecule has 16 heavy (non-hydrogen) atoms. The zero-order chi connectivity index (χ0) is 11.5. The minimum atomic E-state index is 0.517. The Morgan fingerprint density at radius 2 is 2.00 bits per heavy atom. The van der Waals surface area contributed by atoms with Gasteiger partial charge in [-0.1, -0.05) is 16.8 Å². The Hall–Kier alpha value is -1.62. The molecule has 0 radical (unpaired) electrons. The summed E-state index contributed by atoms with van der Waals surface area (Å²) in [6.07, 6.45) is 3.09. The highest BCUT2D eigenvalue weighted by Gasteiger charge is 2.08. The van der Waals surface area contributed by atoms with E-state index in [0.29, 0.717) is 17.5 Å². The van der Waals surface area contributed by atoms with Crippen molar-refractivity contribution in [3.63, 3.8) is 0 Å². The summed E-state index contributed by atoms with van der Waals surface area (Å²) < 4.78 is 5.05. The van der Waals surface area contributed by atoms with Gasteiger partial charge in [-0.15, -0.1) is 0 Å². The lowest BCUT2D eigenvalue weighted by Gasteiger charge is -2.03. The van der Waals surface area contributed by atoms with Gasteiger partial charge < -0.3 is 9.84 Å². The first-order valence-electron chi connectivity index (χ1n) is 4.80. The number of nitrogens with one attached hydrogen (secondary N) is 1. The number of hydrogen-bond donors (Lipinski definition) is 1. The molecular formula is C10H11ClN4O. The Kier molecular flexibility index (Phi) is 3.05. The van der Waals surface area contributed by atoms with E-state index in [2.05, 4.69) is 20.4 Å². The molecule has 0 fully saturated rings. The quantitative estimate of drug-likeness (QED) is 0.889. The molecule has 2 aromatic rings. The van der Waals surface area contributed by atoms with Gasteiger partial charge in [-0.05, 0) is 13.8 Å². The summed E-state index contributed by atoms with van der Waals surface area (Å²) in [7, 11) is 0. The molecule has 2 rings (SSSR count). The minimum Gasteiger partial charge on any atom is -0.361 e. The van der Waals surface area contributed by atoms with Gasteiger partial charge in [-0.3, -0.25) is 0 Å². The van der Waals surface area contributed by atoms with Gasteiger partial charge in [-0.25, -0.2) is 9.97 Å². The summed E-state index contributed by atoms with van der Waals surface area (Å²) in [6.45, 7) is 4.36. The van der Waals surface area contributed by atoms with Gasteiger partial charge >= 0.3 is 0 Å². The lowest BCUT2D eigenvalue weighted by Crippen LogP contribution is -2.04. The Balaban J connectivity index is 2.05. The Morgan fingerprint density at radius 3 is 2.56 bits per heavy atom. The number of hydrogen-bond acceptors (Lipinski definition) is 5. The monoisotopic (exact) mass is 238 g/mol. The lowest BCUT2D eigenvalue weighted by molar-refractivity contribution is 0.392. The molecule has 5 nitrogen and oxygen atoms in total. The van der Waals surface area contributed by atoms with Crippen LogP contribution in [0, 0.1) is 13.8 Å². The van der Waals surface area contributed by atoms with Gasteiger partial charge in [0.1, 0.15) is 5.76 Å². The van der Waals surface area contributed by atoms with Crippen molar-refractivity contribution in [2.75, 3.05) is 5.32 Å². The highest BCUT2D eigenvalue weighted by Crippen LogP contribution is 2.13. The van der Waals surface area contributed by atoms with E-state index in [0.717, 1.165) is 17.0 Å². The minimum absolute atomic E-state index is 0.517. The molecule has 2 aromatic heterocycles. The summed E-state index contributed by atoms with van der Waals surface area (Å²) in [6, 6.07) is 0. The van der Waals surface area contributed by atoms with Crippen molar-refractivity contribution in [2.45, 2.75) is 20.4 Å². The van der Waals surface area contributed by atoms with E-state index in [9.17, 15) is 0 Å². The van der Waals surface area contributed by atoms with Crippen molar-refractivity contribution in [1.82, 2.24) is 15.1 Å². The largest absolute Gasteiger partial charge is 0.361 e. The van der Waals surface area contributed by atoms with Crippen LogP contribution in [0.15, 0.2) is 16.9 Å². The molecule has 84 valence electrons. The third-order valence-electron chi connectivity index (χ3n) is 2.22. The summed E-state index contributed by atoms with van der Waals surface area (Å²) in [4.78, 5) is 8.06. The summed E-state index contributed by atoms with van der Waals surface area (Å²) in [5.74, 6) is 1.34. The molecule has 0 aromatic carbocycles. The van der Waals surface area contributed by atoms with E-state index in [1.54, 1.807) is 12.4 Å². The number of halogens is 1. The smallest absolute Gasteiger partial charge is 0.222 e. The van der Waals surface area contributed by atoms with E-state index in [4.69, 9.17) is 16.1 Å². The van der Waals surface area contributed by atoms with Crippen molar-refractivity contribution in [2.24, 2.45) is 0 Å². The summed E-state index contributed by atoms with van der Waals surface area (Å²) in [5.41, 5.74) is 1.90. The predicted octanol–water partition coefficient (Wildman–Crippen LogP) is 2.35. The summed E-state index contributed by atoms with van der Waals surface area (Å²) >= 11 is 5.68. The standard InChI is InChI=1S/C10H11ClN4O/c1-6-9(7(2)16-15-6)5-14-10-12-3-8(11)4-13-10/h3-4H,5H2,1-2H3,(H,12,13,14). The van der Waals surface area contributed by atoms with Crippen LogP contribution in [0.3, 0.4) is 0 Å². The fourth-order valence-electron chi connectivity index (χ4n) is 1.33. The van der Waals surface area contributed by atoms with Crippen LogP contribution in [0.4, 0.5) is 5.95 Å². The maximum atomic E-state index is 5.68. The van der Waals surface area contributed by atoms with Crippen molar-refractivity contribution >= 4 is 17.5 Å². The molecule has 0 bridgehead atoms. The van der Waals surface area contributed by atoms with Gasteiger partial charge in [0.2, 0.25) is 5.95 Å². The molecule has 6 heteroatoms. The van der Waals surface area contributed by atoms with Crippen LogP contribution in [-0.2, 0) is 6.54 Å². The third-order valence-corrected chi connectivity index (χ3v) is 2.42. The fourth-order valence-corrected chi connectivity index (χ4v) is 1.42. The second-order valence-corrected chi connectivity index (χ2v) is 3.82. The van der Waals surface area contributed by atoms with Gasteiger partial charge in [0, 0.05) is 12.1 Å². The normalized spacial score (nSPS) is 10.4. The zero-order valence-corrected chi connectivity index (χ0v) is 9.75. The molecule has 0 aliphatic carbocycles. The molecular weight excluding hydrogens is 228 g/mol. The number of anilines is 1. The first-order chi connectivity index (χ1) is 7.66. The highest BCUT2D eigenvalue weighted by atomic mass is 35.5. The third kappa shape index (κ3) is 2.30. The maximum Gasteiger partial charge on any atom is 0.222 e. The molecule has 0 spiro atoms. The molecule has 0 saturated heterocycles. The molecule has 0 atom stereocenters. The van der Waals surface area contributed by atoms with Gasteiger partial charge in [0.25, 0.3) is 0 Å². The SMILES string of the molecule is Cc1noc(C)c1CNc1ncc(Cl)cn1.